The Bertz CT molecular complexity index is 705. The highest BCUT2D eigenvalue weighted by molar-refractivity contribution is 5.51. The van der Waals surface area contributed by atoms with E-state index in [0.29, 0.717) is 163 Å². The van der Waals surface area contributed by atoms with Crippen LogP contribution in [0.25, 0.3) is 0 Å². The van der Waals surface area contributed by atoms with E-state index in [-0.39, 0.29) is 6.61 Å². The molecule has 0 fully saturated rings. The second kappa shape index (κ2) is 34.2. The van der Waals surface area contributed by atoms with Gasteiger partial charge in [-0.05, 0) is 12.1 Å². The van der Waals surface area contributed by atoms with E-state index < -0.39 is 0 Å². The van der Waals surface area contributed by atoms with Crippen molar-refractivity contribution in [1.82, 2.24) is 0 Å². The summed E-state index contributed by atoms with van der Waals surface area (Å²) in [7, 11) is 0. The number of hydrogen-bond donors (Lipinski definition) is 2. The largest absolute Gasteiger partial charge is 0.489 e. The molecule has 44 heavy (non-hydrogen) atoms. The lowest BCUT2D eigenvalue weighted by Gasteiger charge is -2.09. The Labute approximate surface area is 262 Å². The Kier molecular flexibility index (Phi) is 31.4. The first-order chi connectivity index (χ1) is 21.8. The first kappa shape index (κ1) is 40.4. The number of nitrogens with two attached hydrogens (primary N) is 1. The first-order valence-electron chi connectivity index (χ1n) is 15.3. The summed E-state index contributed by atoms with van der Waals surface area (Å²) in [6.07, 6.45) is 0. The van der Waals surface area contributed by atoms with Crippen molar-refractivity contribution in [3.05, 3.63) is 24.3 Å². The lowest BCUT2D eigenvalue weighted by Crippen LogP contribution is -2.15. The summed E-state index contributed by atoms with van der Waals surface area (Å²) in [5.41, 5.74) is 6.43. The number of nitrogen functional groups attached to an aromatic ring is 1. The van der Waals surface area contributed by atoms with E-state index in [1.54, 1.807) is 6.07 Å². The summed E-state index contributed by atoms with van der Waals surface area (Å²) >= 11 is 0. The van der Waals surface area contributed by atoms with Gasteiger partial charge in [0.2, 0.25) is 0 Å². The van der Waals surface area contributed by atoms with Crippen LogP contribution in [0.2, 0.25) is 0 Å². The number of rotatable bonds is 36. The van der Waals surface area contributed by atoms with Crippen molar-refractivity contribution < 1.29 is 61.9 Å². The molecule has 0 saturated carbocycles. The zero-order valence-corrected chi connectivity index (χ0v) is 26.2. The van der Waals surface area contributed by atoms with E-state index in [1.807, 2.05) is 18.2 Å². The number of hydrogen-bond acceptors (Lipinski definition) is 14. The van der Waals surface area contributed by atoms with Gasteiger partial charge in [-0.25, -0.2) is 0 Å². The molecule has 0 spiro atoms. The smallest absolute Gasteiger partial charge is 0.142 e. The lowest BCUT2D eigenvalue weighted by molar-refractivity contribution is -0.0280. The zero-order valence-electron chi connectivity index (χ0n) is 26.2. The fourth-order valence-electron chi connectivity index (χ4n) is 3.19. The van der Waals surface area contributed by atoms with Gasteiger partial charge in [0.15, 0.2) is 0 Å². The fraction of sp³-hybridized carbons (Fsp3) is 0.800. The third kappa shape index (κ3) is 29.1. The summed E-state index contributed by atoms with van der Waals surface area (Å²) in [6.45, 7) is 11.2. The predicted octanol–water partition coefficient (Wildman–Crippen LogP) is 0.823. The molecule has 0 bridgehead atoms. The molecule has 1 rings (SSSR count). The molecule has 0 amide bonds. The van der Waals surface area contributed by atoms with Gasteiger partial charge < -0.3 is 67.7 Å². The van der Waals surface area contributed by atoms with Gasteiger partial charge in [0.1, 0.15) is 12.4 Å². The highest BCUT2D eigenvalue weighted by atomic mass is 16.6. The highest BCUT2D eigenvalue weighted by Gasteiger charge is 1.99. The van der Waals surface area contributed by atoms with Crippen molar-refractivity contribution in [1.29, 1.82) is 0 Å². The lowest BCUT2D eigenvalue weighted by atomic mass is 10.3. The predicted molar refractivity (Wildman–Crippen MR) is 162 cm³/mol. The third-order valence-electron chi connectivity index (χ3n) is 5.36. The molecule has 0 heterocycles. The van der Waals surface area contributed by atoms with Crippen LogP contribution in [0.1, 0.15) is 0 Å². The highest BCUT2D eigenvalue weighted by Crippen LogP contribution is 2.19. The average molecular weight is 638 g/mol. The summed E-state index contributed by atoms with van der Waals surface area (Å²) < 4.78 is 65.1. The Morgan fingerprint density at radius 2 is 0.614 bits per heavy atom. The Morgan fingerprint density at radius 3 is 0.886 bits per heavy atom. The number of aliphatic hydroxyl groups excluding tert-OH is 1. The minimum absolute atomic E-state index is 0.0240. The van der Waals surface area contributed by atoms with Gasteiger partial charge in [-0.1, -0.05) is 12.1 Å². The van der Waals surface area contributed by atoms with E-state index in [9.17, 15) is 0 Å². The van der Waals surface area contributed by atoms with Gasteiger partial charge in [0, 0.05) is 0 Å². The molecule has 0 aliphatic rings. The molecule has 14 heteroatoms. The van der Waals surface area contributed by atoms with Crippen LogP contribution in [0, 0.1) is 0 Å². The molecule has 0 aliphatic heterocycles. The van der Waals surface area contributed by atoms with E-state index in [4.69, 9.17) is 67.7 Å². The summed E-state index contributed by atoms with van der Waals surface area (Å²) in [4.78, 5) is 0. The maximum Gasteiger partial charge on any atom is 0.142 e. The summed E-state index contributed by atoms with van der Waals surface area (Å²) in [5.74, 6) is 0.667. The van der Waals surface area contributed by atoms with Crippen LogP contribution in [0.5, 0.6) is 5.75 Å². The molecule has 0 aromatic heterocycles. The molecule has 258 valence electrons. The van der Waals surface area contributed by atoms with Gasteiger partial charge in [0.05, 0.1) is 158 Å². The zero-order chi connectivity index (χ0) is 31.4. The number of anilines is 1. The Morgan fingerprint density at radius 1 is 0.364 bits per heavy atom. The van der Waals surface area contributed by atoms with Crippen molar-refractivity contribution in [2.75, 3.05) is 164 Å². The third-order valence-corrected chi connectivity index (χ3v) is 5.36. The van der Waals surface area contributed by atoms with Gasteiger partial charge in [-0.15, -0.1) is 0 Å². The van der Waals surface area contributed by atoms with Gasteiger partial charge in [0.25, 0.3) is 0 Å². The van der Waals surface area contributed by atoms with Crippen LogP contribution in [0.15, 0.2) is 24.3 Å². The molecule has 1 aromatic carbocycles. The maximum absolute atomic E-state index is 8.57. The molecular weight excluding hydrogens is 582 g/mol. The number of ether oxygens (including phenoxy) is 12. The van der Waals surface area contributed by atoms with Crippen molar-refractivity contribution in [3.8, 4) is 5.75 Å². The normalized spacial score (nSPS) is 11.4. The van der Waals surface area contributed by atoms with Crippen LogP contribution in [-0.2, 0) is 52.1 Å². The fourth-order valence-corrected chi connectivity index (χ4v) is 3.19. The molecule has 14 nitrogen and oxygen atoms in total. The van der Waals surface area contributed by atoms with Crippen molar-refractivity contribution >= 4 is 5.69 Å². The molecule has 1 aromatic rings. The van der Waals surface area contributed by atoms with E-state index in [0.717, 1.165) is 0 Å². The molecule has 0 atom stereocenters. The first-order valence-corrected chi connectivity index (χ1v) is 15.3. The van der Waals surface area contributed by atoms with Gasteiger partial charge >= 0.3 is 0 Å². The minimum atomic E-state index is 0.0240. The second-order valence-electron chi connectivity index (χ2n) is 8.85. The quantitative estimate of drug-likeness (QED) is 0.0787. The van der Waals surface area contributed by atoms with Crippen LogP contribution >= 0.6 is 0 Å². The van der Waals surface area contributed by atoms with Crippen molar-refractivity contribution in [3.63, 3.8) is 0 Å². The van der Waals surface area contributed by atoms with Crippen LogP contribution in [0.3, 0.4) is 0 Å². The van der Waals surface area contributed by atoms with E-state index in [1.165, 1.54) is 0 Å². The SMILES string of the molecule is Nc1ccccc1OCCOCCOCCOCCOCCOCCOCCOCCOCCOCCOCCOCCO. The molecule has 3 N–H and O–H groups in total. The van der Waals surface area contributed by atoms with Crippen molar-refractivity contribution in [2.45, 2.75) is 0 Å². The van der Waals surface area contributed by atoms with Gasteiger partial charge in [-0.2, -0.15) is 0 Å². The number of aliphatic hydroxyl groups is 1. The van der Waals surface area contributed by atoms with Crippen molar-refractivity contribution in [2.24, 2.45) is 0 Å². The van der Waals surface area contributed by atoms with E-state index in [2.05, 4.69) is 0 Å². The topological polar surface area (TPSA) is 157 Å². The number of para-hydroxylation sites is 2. The Hall–Kier alpha value is -1.66. The number of benzene rings is 1. The Balaban J connectivity index is 1.63. The molecular formula is C30H55NO13. The van der Waals surface area contributed by atoms with Crippen LogP contribution in [0.4, 0.5) is 5.69 Å². The minimum Gasteiger partial charge on any atom is -0.489 e. The summed E-state index contributed by atoms with van der Waals surface area (Å²) in [6, 6.07) is 7.37. The summed E-state index contributed by atoms with van der Waals surface area (Å²) in [5, 5.41) is 8.57. The van der Waals surface area contributed by atoms with E-state index >= 15 is 0 Å². The molecule has 0 unspecified atom stereocenters. The molecule has 0 radical (unpaired) electrons. The second-order valence-corrected chi connectivity index (χ2v) is 8.85. The van der Waals surface area contributed by atoms with Crippen LogP contribution < -0.4 is 10.5 Å². The molecule has 0 saturated heterocycles. The molecule has 0 aliphatic carbocycles. The van der Waals surface area contributed by atoms with Crippen LogP contribution in [-0.4, -0.2) is 164 Å². The maximum atomic E-state index is 8.57. The van der Waals surface area contributed by atoms with Gasteiger partial charge in [-0.3, -0.25) is 0 Å². The monoisotopic (exact) mass is 637 g/mol. The standard InChI is InChI=1S/C30H55NO13/c31-29-3-1-2-4-30(29)44-28-27-43-26-25-42-24-23-41-22-21-40-20-19-39-18-17-38-16-15-37-14-13-36-12-11-35-10-9-34-8-7-33-6-5-32/h1-4,32H,5-28,31H2. The average Bonchev–Trinajstić information content (AvgIpc) is 3.03.